The Morgan fingerprint density at radius 3 is 3.04 bits per heavy atom. The van der Waals surface area contributed by atoms with E-state index in [0.29, 0.717) is 24.6 Å². The fourth-order valence-electron chi connectivity index (χ4n) is 3.08. The average molecular weight is 377 g/mol. The summed E-state index contributed by atoms with van der Waals surface area (Å²) in [6, 6.07) is 3.75. The maximum atomic E-state index is 12.6. The van der Waals surface area contributed by atoms with Crippen molar-refractivity contribution in [3.63, 3.8) is 0 Å². The van der Waals surface area contributed by atoms with Gasteiger partial charge in [-0.2, -0.15) is 0 Å². The zero-order valence-electron chi connectivity index (χ0n) is 14.9. The summed E-state index contributed by atoms with van der Waals surface area (Å²) in [6.45, 7) is 5.22. The summed E-state index contributed by atoms with van der Waals surface area (Å²) in [5.74, 6) is -0.253. The van der Waals surface area contributed by atoms with E-state index in [1.54, 1.807) is 11.1 Å². The van der Waals surface area contributed by atoms with E-state index in [-0.39, 0.29) is 37.0 Å². The zero-order chi connectivity index (χ0) is 18.7. The minimum absolute atomic E-state index is 0.0815. The molecule has 0 aromatic carbocycles. The summed E-state index contributed by atoms with van der Waals surface area (Å²) >= 11 is 1.30. The van der Waals surface area contributed by atoms with Crippen LogP contribution in [-0.2, 0) is 9.53 Å². The molecule has 0 aliphatic carbocycles. The molecule has 1 atom stereocenters. The number of carbonyl (C=O) groups is 2. The second-order valence-electron chi connectivity index (χ2n) is 6.48. The van der Waals surface area contributed by atoms with Crippen LogP contribution >= 0.6 is 11.3 Å². The van der Waals surface area contributed by atoms with Crippen LogP contribution in [0.4, 0.5) is 0 Å². The molecule has 26 heavy (non-hydrogen) atoms. The van der Waals surface area contributed by atoms with E-state index < -0.39 is 0 Å². The molecule has 2 aromatic rings. The third kappa shape index (κ3) is 3.72. The molecule has 8 heteroatoms. The lowest BCUT2D eigenvalue weighted by Gasteiger charge is -2.34. The summed E-state index contributed by atoms with van der Waals surface area (Å²) in [4.78, 5) is 32.4. The molecular formula is C18H23N3O4S. The average Bonchev–Trinajstić information content (AvgIpc) is 3.05. The number of amides is 2. The molecule has 3 rings (SSSR count). The highest BCUT2D eigenvalue weighted by Crippen LogP contribution is 2.37. The van der Waals surface area contributed by atoms with Gasteiger partial charge >= 0.3 is 0 Å². The highest BCUT2D eigenvalue weighted by atomic mass is 32.1. The molecular weight excluding hydrogens is 354 g/mol. The topological polar surface area (TPSA) is 91.8 Å². The number of nitrogens with zero attached hydrogens (tertiary/aromatic N) is 2. The number of fused-ring (bicyclic) bond motifs is 1. The van der Waals surface area contributed by atoms with Crippen molar-refractivity contribution < 1.29 is 19.4 Å². The lowest BCUT2D eigenvalue weighted by atomic mass is 10.0. The van der Waals surface area contributed by atoms with E-state index >= 15 is 0 Å². The quantitative estimate of drug-likeness (QED) is 0.825. The third-order valence-corrected chi connectivity index (χ3v) is 5.43. The maximum absolute atomic E-state index is 12.6. The predicted octanol–water partition coefficient (Wildman–Crippen LogP) is 1.57. The molecule has 2 aromatic heterocycles. The second kappa shape index (κ2) is 8.11. The standard InChI is InChI=1S/C18H23N3O4S/c1-11(2)18(24)21-7-9-25-13(10-21)14-12-4-3-5-20-17(12)26-15(14)16(23)19-6-8-22/h3-5,11,13,22H,6-10H2,1-2H3,(H,19,23)/t13-/m1/s1. The van der Waals surface area contributed by atoms with Crippen LogP contribution < -0.4 is 5.32 Å². The van der Waals surface area contributed by atoms with Gasteiger partial charge in [-0.3, -0.25) is 9.59 Å². The lowest BCUT2D eigenvalue weighted by molar-refractivity contribution is -0.142. The molecule has 0 spiro atoms. The van der Waals surface area contributed by atoms with Crippen molar-refractivity contribution in [3.05, 3.63) is 28.8 Å². The summed E-state index contributed by atoms with van der Waals surface area (Å²) in [5.41, 5.74) is 0.773. The number of nitrogens with one attached hydrogen (secondary N) is 1. The Balaban J connectivity index is 1.97. The van der Waals surface area contributed by atoms with Gasteiger partial charge in [-0.15, -0.1) is 11.3 Å². The van der Waals surface area contributed by atoms with E-state index in [2.05, 4.69) is 10.3 Å². The first-order valence-corrected chi connectivity index (χ1v) is 9.51. The van der Waals surface area contributed by atoms with Gasteiger partial charge in [0.2, 0.25) is 5.91 Å². The number of ether oxygens (including phenoxy) is 1. The van der Waals surface area contributed by atoms with Crippen molar-refractivity contribution >= 4 is 33.4 Å². The third-order valence-electron chi connectivity index (χ3n) is 4.30. The van der Waals surface area contributed by atoms with Crippen molar-refractivity contribution in [1.29, 1.82) is 0 Å². The van der Waals surface area contributed by atoms with Gasteiger partial charge in [0.05, 0.1) is 19.8 Å². The first-order chi connectivity index (χ1) is 12.5. The summed E-state index contributed by atoms with van der Waals surface area (Å²) < 4.78 is 5.94. The number of aliphatic hydroxyl groups is 1. The molecule has 0 unspecified atom stereocenters. The molecule has 0 radical (unpaired) electrons. The van der Waals surface area contributed by atoms with Crippen molar-refractivity contribution in [2.45, 2.75) is 20.0 Å². The minimum Gasteiger partial charge on any atom is -0.395 e. The SMILES string of the molecule is CC(C)C(=O)N1CCO[C@@H](c2c(C(=O)NCCO)sc3ncccc23)C1. The van der Waals surface area contributed by atoms with Gasteiger partial charge < -0.3 is 20.1 Å². The van der Waals surface area contributed by atoms with Gasteiger partial charge in [0.25, 0.3) is 5.91 Å². The first-order valence-electron chi connectivity index (χ1n) is 8.69. The molecule has 140 valence electrons. The van der Waals surface area contributed by atoms with Crippen LogP contribution in [0, 0.1) is 5.92 Å². The van der Waals surface area contributed by atoms with E-state index in [1.807, 2.05) is 26.0 Å². The monoisotopic (exact) mass is 377 g/mol. The number of hydrogen-bond donors (Lipinski definition) is 2. The molecule has 1 aliphatic rings. The van der Waals surface area contributed by atoms with Gasteiger partial charge in [-0.25, -0.2) is 4.98 Å². The number of aliphatic hydroxyl groups excluding tert-OH is 1. The molecule has 2 N–H and O–H groups in total. The number of rotatable bonds is 5. The molecule has 1 aliphatic heterocycles. The molecule has 3 heterocycles. The number of thiophene rings is 1. The highest BCUT2D eigenvalue weighted by molar-refractivity contribution is 7.20. The van der Waals surface area contributed by atoms with E-state index in [9.17, 15) is 9.59 Å². The molecule has 7 nitrogen and oxygen atoms in total. The number of carbonyl (C=O) groups excluding carboxylic acids is 2. The number of aromatic nitrogens is 1. The van der Waals surface area contributed by atoms with Gasteiger partial charge in [0.1, 0.15) is 15.8 Å². The fraction of sp³-hybridized carbons (Fsp3) is 0.500. The Labute approximate surface area is 156 Å². The smallest absolute Gasteiger partial charge is 0.261 e. The maximum Gasteiger partial charge on any atom is 0.261 e. The highest BCUT2D eigenvalue weighted by Gasteiger charge is 2.32. The molecule has 2 amide bonds. The summed E-state index contributed by atoms with van der Waals surface area (Å²) in [5, 5.41) is 12.5. The molecule has 0 bridgehead atoms. The minimum atomic E-state index is -0.376. The predicted molar refractivity (Wildman–Crippen MR) is 99.2 cm³/mol. The summed E-state index contributed by atoms with van der Waals surface area (Å²) in [7, 11) is 0. The van der Waals surface area contributed by atoms with Gasteiger partial charge in [-0.1, -0.05) is 19.9 Å². The van der Waals surface area contributed by atoms with Crippen LogP contribution in [0.1, 0.15) is 35.2 Å². The lowest BCUT2D eigenvalue weighted by Crippen LogP contribution is -2.44. The molecule has 1 fully saturated rings. The number of pyridine rings is 1. The Hall–Kier alpha value is -2.03. The van der Waals surface area contributed by atoms with Crippen LogP contribution in [0.5, 0.6) is 0 Å². The van der Waals surface area contributed by atoms with Crippen LogP contribution in [0.25, 0.3) is 10.2 Å². The molecule has 0 saturated carbocycles. The Kier molecular flexibility index (Phi) is 5.85. The Bertz CT molecular complexity index is 805. The first kappa shape index (κ1) is 18.8. The van der Waals surface area contributed by atoms with Crippen LogP contribution in [0.2, 0.25) is 0 Å². The Morgan fingerprint density at radius 2 is 2.31 bits per heavy atom. The van der Waals surface area contributed by atoms with Crippen molar-refractivity contribution in [2.75, 3.05) is 32.8 Å². The largest absolute Gasteiger partial charge is 0.395 e. The Morgan fingerprint density at radius 1 is 1.50 bits per heavy atom. The van der Waals surface area contributed by atoms with E-state index in [4.69, 9.17) is 9.84 Å². The van der Waals surface area contributed by atoms with Gasteiger partial charge in [-0.05, 0) is 6.07 Å². The van der Waals surface area contributed by atoms with Crippen LogP contribution in [-0.4, -0.2) is 59.7 Å². The number of hydrogen-bond acceptors (Lipinski definition) is 6. The summed E-state index contributed by atoms with van der Waals surface area (Å²) in [6.07, 6.45) is 1.31. The van der Waals surface area contributed by atoms with Crippen LogP contribution in [0.15, 0.2) is 18.3 Å². The van der Waals surface area contributed by atoms with Crippen molar-refractivity contribution in [2.24, 2.45) is 5.92 Å². The van der Waals surface area contributed by atoms with Crippen LogP contribution in [0.3, 0.4) is 0 Å². The second-order valence-corrected chi connectivity index (χ2v) is 7.48. The molecule has 1 saturated heterocycles. The van der Waals surface area contributed by atoms with Gasteiger partial charge in [0.15, 0.2) is 0 Å². The van der Waals surface area contributed by atoms with Gasteiger partial charge in [0, 0.05) is 36.2 Å². The van der Waals surface area contributed by atoms with E-state index in [0.717, 1.165) is 15.8 Å². The van der Waals surface area contributed by atoms with Crippen molar-refractivity contribution in [3.8, 4) is 0 Å². The number of morpholine rings is 1. The fourth-order valence-corrected chi connectivity index (χ4v) is 4.19. The van der Waals surface area contributed by atoms with E-state index in [1.165, 1.54) is 11.3 Å². The normalized spacial score (nSPS) is 17.7. The zero-order valence-corrected chi connectivity index (χ0v) is 15.7. The van der Waals surface area contributed by atoms with Crippen molar-refractivity contribution in [1.82, 2.24) is 15.2 Å².